The van der Waals surface area contributed by atoms with Crippen LogP contribution in [-0.4, -0.2) is 0 Å². The van der Waals surface area contributed by atoms with Gasteiger partial charge in [-0.2, -0.15) is 0 Å². The zero-order valence-electron chi connectivity index (χ0n) is 43.5. The highest BCUT2D eigenvalue weighted by atomic mass is 16.5. The van der Waals surface area contributed by atoms with Gasteiger partial charge in [-0.3, -0.25) is 0 Å². The number of ether oxygens (including phenoxy) is 2. The fourth-order valence-corrected chi connectivity index (χ4v) is 14.8. The first-order valence-corrected chi connectivity index (χ1v) is 28.4. The molecule has 0 aromatic heterocycles. The lowest BCUT2D eigenvalue weighted by Crippen LogP contribution is -2.34. The largest absolute Gasteiger partial charge is 0.457 e. The third-order valence-electron chi connectivity index (χ3n) is 18.3. The number of para-hydroxylation sites is 2. The molecule has 0 saturated heterocycles. The summed E-state index contributed by atoms with van der Waals surface area (Å²) in [5, 5.41) is 0. The molecule has 1 spiro atoms. The van der Waals surface area contributed by atoms with Crippen molar-refractivity contribution in [3.05, 3.63) is 292 Å². The van der Waals surface area contributed by atoms with Crippen LogP contribution in [0.5, 0.6) is 23.0 Å². The van der Waals surface area contributed by atoms with Crippen molar-refractivity contribution in [2.45, 2.75) is 86.9 Å². The molecule has 2 heterocycles. The van der Waals surface area contributed by atoms with Crippen molar-refractivity contribution in [1.29, 1.82) is 0 Å². The average Bonchev–Trinajstić information content (AvgIpc) is 4.08. The van der Waals surface area contributed by atoms with Crippen LogP contribution in [0.3, 0.4) is 0 Å². The zero-order valence-corrected chi connectivity index (χ0v) is 43.5. The molecule has 3 aliphatic carbocycles. The first-order valence-electron chi connectivity index (χ1n) is 28.4. The Hall–Kier alpha value is -8.40. The Morgan fingerprint density at radius 3 is 1.36 bits per heavy atom. The van der Waals surface area contributed by atoms with Crippen LogP contribution in [-0.2, 0) is 10.8 Å². The minimum Gasteiger partial charge on any atom is -0.457 e. The predicted octanol–water partition coefficient (Wildman–Crippen LogP) is 19.9. The summed E-state index contributed by atoms with van der Waals surface area (Å²) in [6.45, 7) is 0. The lowest BCUT2D eigenvalue weighted by atomic mass is 9.63. The Morgan fingerprint density at radius 2 is 0.753 bits per heavy atom. The monoisotopic (exact) mass is 995 g/mol. The Morgan fingerprint density at radius 1 is 0.312 bits per heavy atom. The summed E-state index contributed by atoms with van der Waals surface area (Å²) >= 11 is 0. The van der Waals surface area contributed by atoms with Crippen LogP contribution in [0.2, 0.25) is 0 Å². The van der Waals surface area contributed by atoms with Gasteiger partial charge in [-0.05, 0) is 142 Å². The Kier molecular flexibility index (Phi) is 11.2. The SMILES string of the molecule is c1ccc(-c2ccccc2N(c2ccc3c(c2)C(c2ccccc2)(c2ccccc2)c2ccccc2O3)c2ccc3c(c2)C2(c4cc(C5CCCCC5)ccc4Oc4ccc(C5CCCCC5)cc42)c2ccccc2-3)cc1. The topological polar surface area (TPSA) is 21.7 Å². The van der Waals surface area contributed by atoms with E-state index >= 15 is 0 Å². The summed E-state index contributed by atoms with van der Waals surface area (Å²) in [6.07, 6.45) is 12.7. The van der Waals surface area contributed by atoms with Gasteiger partial charge in [0.25, 0.3) is 0 Å². The van der Waals surface area contributed by atoms with Crippen molar-refractivity contribution in [2.24, 2.45) is 0 Å². The fraction of sp³-hybridized carbons (Fsp3) is 0.189. The van der Waals surface area contributed by atoms with E-state index < -0.39 is 10.8 Å². The number of nitrogens with zero attached hydrogens (tertiary/aromatic N) is 1. The van der Waals surface area contributed by atoms with E-state index in [1.807, 2.05) is 0 Å². The van der Waals surface area contributed by atoms with Gasteiger partial charge in [0, 0.05) is 39.2 Å². The van der Waals surface area contributed by atoms with Crippen LogP contribution in [0.1, 0.15) is 132 Å². The van der Waals surface area contributed by atoms with E-state index in [2.05, 4.69) is 241 Å². The van der Waals surface area contributed by atoms with Gasteiger partial charge in [-0.25, -0.2) is 0 Å². The molecule has 374 valence electrons. The molecule has 0 amide bonds. The normalized spacial score (nSPS) is 16.6. The van der Waals surface area contributed by atoms with Crippen molar-refractivity contribution in [1.82, 2.24) is 0 Å². The summed E-state index contributed by atoms with van der Waals surface area (Å²) < 4.78 is 14.2. The number of benzene rings is 10. The number of hydrogen-bond acceptors (Lipinski definition) is 3. The van der Waals surface area contributed by atoms with E-state index in [1.54, 1.807) is 0 Å². The van der Waals surface area contributed by atoms with Gasteiger partial charge in [-0.1, -0.05) is 221 Å². The van der Waals surface area contributed by atoms with Crippen LogP contribution in [0, 0.1) is 0 Å². The second-order valence-corrected chi connectivity index (χ2v) is 22.3. The van der Waals surface area contributed by atoms with E-state index in [4.69, 9.17) is 9.47 Å². The Labute approximate surface area is 453 Å². The maximum Gasteiger partial charge on any atom is 0.132 e. The summed E-state index contributed by atoms with van der Waals surface area (Å²) in [4.78, 5) is 2.53. The van der Waals surface area contributed by atoms with E-state index in [0.717, 1.165) is 62.3 Å². The highest BCUT2D eigenvalue weighted by Gasteiger charge is 2.52. The molecule has 5 aliphatic rings. The molecule has 3 nitrogen and oxygen atoms in total. The molecular weight excluding hydrogens is 935 g/mol. The van der Waals surface area contributed by atoms with E-state index in [9.17, 15) is 0 Å². The molecule has 77 heavy (non-hydrogen) atoms. The van der Waals surface area contributed by atoms with Crippen molar-refractivity contribution in [2.75, 3.05) is 4.90 Å². The van der Waals surface area contributed by atoms with E-state index in [1.165, 1.54) is 120 Å². The van der Waals surface area contributed by atoms with Gasteiger partial charge in [-0.15, -0.1) is 0 Å². The van der Waals surface area contributed by atoms with Crippen LogP contribution < -0.4 is 14.4 Å². The maximum atomic E-state index is 7.21. The number of fused-ring (bicyclic) bond motifs is 11. The second-order valence-electron chi connectivity index (χ2n) is 22.3. The molecular formula is C74H61NO2. The average molecular weight is 996 g/mol. The standard InChI is InChI=1S/C74H61NO2/c1-6-22-50(23-7-1)53-38-43-70-65(46-53)74(66-47-54(39-44-71(66)77-70)51-24-8-2-9-25-51)62-34-18-16-33-60(62)61-42-40-57(48-64(61)74)75(68-36-20-17-32-59(68)52-26-10-3-11-27-52)58-41-45-72-67(49-58)73(55-28-12-4-13-29-55,56-30-14-5-15-31-56)63-35-19-21-37-69(63)76-72/h3-5,10-21,26-51H,1-2,6-9,22-25H2. The molecule has 2 fully saturated rings. The van der Waals surface area contributed by atoms with Gasteiger partial charge in [0.1, 0.15) is 23.0 Å². The van der Waals surface area contributed by atoms with Crippen LogP contribution in [0.15, 0.2) is 237 Å². The minimum atomic E-state index is -0.696. The molecule has 0 radical (unpaired) electrons. The number of hydrogen-bond donors (Lipinski definition) is 0. The third-order valence-corrected chi connectivity index (χ3v) is 18.3. The smallest absolute Gasteiger partial charge is 0.132 e. The number of rotatable bonds is 8. The number of anilines is 3. The van der Waals surface area contributed by atoms with Gasteiger partial charge in [0.15, 0.2) is 0 Å². The van der Waals surface area contributed by atoms with Gasteiger partial charge in [0.2, 0.25) is 0 Å². The summed E-state index contributed by atoms with van der Waals surface area (Å²) in [5.41, 5.74) is 19.4. The molecule has 2 aliphatic heterocycles. The van der Waals surface area contributed by atoms with Crippen molar-refractivity contribution >= 4 is 17.1 Å². The highest BCUT2D eigenvalue weighted by molar-refractivity contribution is 5.94. The molecule has 15 rings (SSSR count). The lowest BCUT2D eigenvalue weighted by Gasteiger charge is -2.42. The fourth-order valence-electron chi connectivity index (χ4n) is 14.8. The predicted molar refractivity (Wildman–Crippen MR) is 314 cm³/mol. The molecule has 0 atom stereocenters. The van der Waals surface area contributed by atoms with Gasteiger partial charge < -0.3 is 14.4 Å². The minimum absolute atomic E-state index is 0.535. The molecule has 3 heteroatoms. The lowest BCUT2D eigenvalue weighted by molar-refractivity contribution is 0.424. The molecule has 0 N–H and O–H groups in total. The molecule has 0 bridgehead atoms. The molecule has 2 saturated carbocycles. The molecule has 10 aromatic rings. The highest BCUT2D eigenvalue weighted by Crippen LogP contribution is 2.64. The van der Waals surface area contributed by atoms with Crippen LogP contribution in [0.25, 0.3) is 22.3 Å². The van der Waals surface area contributed by atoms with Gasteiger partial charge >= 0.3 is 0 Å². The van der Waals surface area contributed by atoms with Crippen molar-refractivity contribution < 1.29 is 9.47 Å². The van der Waals surface area contributed by atoms with Crippen molar-refractivity contribution in [3.63, 3.8) is 0 Å². The Balaban J connectivity index is 1.01. The Bertz CT molecular complexity index is 3740. The van der Waals surface area contributed by atoms with Crippen molar-refractivity contribution in [3.8, 4) is 45.3 Å². The summed E-state index contributed by atoms with van der Waals surface area (Å²) in [5.74, 6) is 4.69. The summed E-state index contributed by atoms with van der Waals surface area (Å²) in [7, 11) is 0. The quantitative estimate of drug-likeness (QED) is 0.151. The maximum absolute atomic E-state index is 7.21. The first kappa shape index (κ1) is 45.9. The summed E-state index contributed by atoms with van der Waals surface area (Å²) in [6, 6.07) is 88.6. The van der Waals surface area contributed by atoms with Crippen LogP contribution >= 0.6 is 0 Å². The van der Waals surface area contributed by atoms with E-state index in [0.29, 0.717) is 11.8 Å². The second kappa shape index (κ2) is 18.7. The third kappa shape index (κ3) is 7.23. The van der Waals surface area contributed by atoms with Crippen LogP contribution in [0.4, 0.5) is 17.1 Å². The van der Waals surface area contributed by atoms with E-state index in [-0.39, 0.29) is 0 Å². The first-order chi connectivity index (χ1) is 38.2. The zero-order chi connectivity index (χ0) is 50.9. The van der Waals surface area contributed by atoms with Gasteiger partial charge in [0.05, 0.1) is 16.5 Å². The molecule has 10 aromatic carbocycles. The molecule has 0 unspecified atom stereocenters.